The van der Waals surface area contributed by atoms with Crippen LogP contribution in [0.4, 0.5) is 0 Å². The van der Waals surface area contributed by atoms with Gasteiger partial charge in [-0.2, -0.15) is 10.2 Å². The lowest BCUT2D eigenvalue weighted by Gasteiger charge is -2.24. The average molecular weight is 273 g/mol. The van der Waals surface area contributed by atoms with Crippen LogP contribution in [-0.2, 0) is 13.6 Å². The Kier molecular flexibility index (Phi) is 3.30. The van der Waals surface area contributed by atoms with Crippen molar-refractivity contribution < 1.29 is 4.79 Å². The van der Waals surface area contributed by atoms with Crippen molar-refractivity contribution in [3.8, 4) is 0 Å². The molecular formula is C14H19N5O. The van der Waals surface area contributed by atoms with Crippen molar-refractivity contribution >= 4 is 5.91 Å². The lowest BCUT2D eigenvalue weighted by molar-refractivity contribution is 0.0710. The van der Waals surface area contributed by atoms with Crippen molar-refractivity contribution in [1.82, 2.24) is 24.5 Å². The fraction of sp³-hybridized carbons (Fsp3) is 0.500. The maximum Gasteiger partial charge on any atom is 0.272 e. The third-order valence-corrected chi connectivity index (χ3v) is 3.84. The molecule has 1 saturated heterocycles. The van der Waals surface area contributed by atoms with Gasteiger partial charge in [0.2, 0.25) is 0 Å². The van der Waals surface area contributed by atoms with Gasteiger partial charge in [0.25, 0.3) is 5.91 Å². The van der Waals surface area contributed by atoms with Gasteiger partial charge in [0.05, 0.1) is 18.8 Å². The third-order valence-electron chi connectivity index (χ3n) is 3.84. The highest BCUT2D eigenvalue weighted by Gasteiger charge is 2.30. The van der Waals surface area contributed by atoms with Crippen molar-refractivity contribution in [1.29, 1.82) is 0 Å². The molecule has 1 aliphatic heterocycles. The smallest absolute Gasteiger partial charge is 0.272 e. The van der Waals surface area contributed by atoms with Crippen LogP contribution in [0.25, 0.3) is 0 Å². The first-order valence-corrected chi connectivity index (χ1v) is 6.93. The highest BCUT2D eigenvalue weighted by atomic mass is 16.2. The maximum atomic E-state index is 12.6. The topological polar surface area (TPSA) is 56.0 Å². The van der Waals surface area contributed by atoms with Gasteiger partial charge < -0.3 is 4.90 Å². The third kappa shape index (κ3) is 2.33. The number of amides is 1. The summed E-state index contributed by atoms with van der Waals surface area (Å²) < 4.78 is 3.56. The summed E-state index contributed by atoms with van der Waals surface area (Å²) >= 11 is 0. The van der Waals surface area contributed by atoms with Gasteiger partial charge in [-0.05, 0) is 31.4 Å². The second-order valence-corrected chi connectivity index (χ2v) is 5.37. The summed E-state index contributed by atoms with van der Waals surface area (Å²) in [6, 6.07) is 1.99. The summed E-state index contributed by atoms with van der Waals surface area (Å²) in [5.74, 6) is 0.0661. The van der Waals surface area contributed by atoms with Crippen molar-refractivity contribution in [2.75, 3.05) is 6.54 Å². The summed E-state index contributed by atoms with van der Waals surface area (Å²) in [6.07, 6.45) is 7.61. The second kappa shape index (κ2) is 5.11. The van der Waals surface area contributed by atoms with Gasteiger partial charge in [0, 0.05) is 26.0 Å². The quantitative estimate of drug-likeness (QED) is 0.845. The van der Waals surface area contributed by atoms with Crippen LogP contribution in [0.15, 0.2) is 24.7 Å². The number of hydrogen-bond donors (Lipinski definition) is 0. The molecule has 3 heterocycles. The molecule has 1 fully saturated rings. The second-order valence-electron chi connectivity index (χ2n) is 5.37. The fourth-order valence-electron chi connectivity index (χ4n) is 2.81. The van der Waals surface area contributed by atoms with Gasteiger partial charge in [-0.15, -0.1) is 0 Å². The molecule has 1 amide bonds. The van der Waals surface area contributed by atoms with Crippen LogP contribution in [-0.4, -0.2) is 43.0 Å². The van der Waals surface area contributed by atoms with Crippen molar-refractivity contribution in [2.45, 2.75) is 32.4 Å². The van der Waals surface area contributed by atoms with Crippen LogP contribution < -0.4 is 0 Å². The average Bonchev–Trinajstić information content (AvgIpc) is 3.11. The molecule has 6 nitrogen and oxygen atoms in total. The Bertz CT molecular complexity index is 615. The number of carbonyl (C=O) groups excluding carboxylic acids is 1. The number of rotatable bonds is 3. The largest absolute Gasteiger partial charge is 0.332 e. The Morgan fingerprint density at radius 3 is 2.95 bits per heavy atom. The molecule has 0 aromatic carbocycles. The van der Waals surface area contributed by atoms with E-state index in [0.717, 1.165) is 31.5 Å². The molecule has 0 saturated carbocycles. The maximum absolute atomic E-state index is 12.6. The van der Waals surface area contributed by atoms with Crippen LogP contribution >= 0.6 is 0 Å². The summed E-state index contributed by atoms with van der Waals surface area (Å²) in [4.78, 5) is 14.5. The standard InChI is InChI=1S/C14H19N5O/c1-11-8-16-18(9-11)10-12-4-3-7-19(12)14(20)13-5-6-15-17(13)2/h5-6,8-9,12H,3-4,7,10H2,1-2H3/t12-/m0/s1. The predicted octanol–water partition coefficient (Wildman–Crippen LogP) is 1.23. The van der Waals surface area contributed by atoms with E-state index in [-0.39, 0.29) is 11.9 Å². The molecule has 6 heteroatoms. The van der Waals surface area contributed by atoms with E-state index >= 15 is 0 Å². The Hall–Kier alpha value is -2.11. The zero-order valence-electron chi connectivity index (χ0n) is 11.9. The minimum Gasteiger partial charge on any atom is -0.332 e. The normalized spacial score (nSPS) is 18.7. The molecule has 0 spiro atoms. The Morgan fingerprint density at radius 1 is 1.45 bits per heavy atom. The van der Waals surface area contributed by atoms with E-state index < -0.39 is 0 Å². The number of carbonyl (C=O) groups is 1. The molecule has 2 aromatic rings. The lowest BCUT2D eigenvalue weighted by atomic mass is 10.2. The summed E-state index contributed by atoms with van der Waals surface area (Å²) in [5.41, 5.74) is 1.79. The van der Waals surface area contributed by atoms with Gasteiger partial charge in [-0.3, -0.25) is 14.2 Å². The SMILES string of the molecule is Cc1cnn(C[C@@H]2CCCN2C(=O)c2ccnn2C)c1. The molecule has 0 radical (unpaired) electrons. The van der Waals surface area contributed by atoms with Crippen LogP contribution in [0.1, 0.15) is 28.9 Å². The minimum atomic E-state index is 0.0661. The Morgan fingerprint density at radius 2 is 2.30 bits per heavy atom. The molecule has 3 rings (SSSR count). The van der Waals surface area contributed by atoms with Gasteiger partial charge in [0.15, 0.2) is 0 Å². The first kappa shape index (κ1) is 12.9. The van der Waals surface area contributed by atoms with Crippen molar-refractivity contribution in [3.05, 3.63) is 35.9 Å². The molecule has 0 unspecified atom stereocenters. The number of aromatic nitrogens is 4. The minimum absolute atomic E-state index is 0.0661. The molecule has 20 heavy (non-hydrogen) atoms. The van der Waals surface area contributed by atoms with Crippen LogP contribution in [0.3, 0.4) is 0 Å². The van der Waals surface area contributed by atoms with E-state index in [1.54, 1.807) is 24.0 Å². The number of nitrogens with zero attached hydrogens (tertiary/aromatic N) is 5. The van der Waals surface area contributed by atoms with E-state index in [1.165, 1.54) is 0 Å². The van der Waals surface area contributed by atoms with Gasteiger partial charge in [0.1, 0.15) is 5.69 Å². The van der Waals surface area contributed by atoms with Gasteiger partial charge >= 0.3 is 0 Å². The highest BCUT2D eigenvalue weighted by molar-refractivity contribution is 5.92. The first-order chi connectivity index (χ1) is 9.65. The highest BCUT2D eigenvalue weighted by Crippen LogP contribution is 2.21. The number of aryl methyl sites for hydroxylation is 2. The van der Waals surface area contributed by atoms with E-state index in [0.29, 0.717) is 5.69 Å². The molecular weight excluding hydrogens is 254 g/mol. The van der Waals surface area contributed by atoms with E-state index in [9.17, 15) is 4.79 Å². The van der Waals surface area contributed by atoms with Crippen LogP contribution in [0.2, 0.25) is 0 Å². The summed E-state index contributed by atoms with van der Waals surface area (Å²) in [5, 5.41) is 8.39. The molecule has 1 atom stereocenters. The molecule has 0 bridgehead atoms. The van der Waals surface area contributed by atoms with Gasteiger partial charge in [-0.1, -0.05) is 0 Å². The zero-order chi connectivity index (χ0) is 14.1. The first-order valence-electron chi connectivity index (χ1n) is 6.93. The monoisotopic (exact) mass is 273 g/mol. The predicted molar refractivity (Wildman–Crippen MR) is 74.2 cm³/mol. The number of hydrogen-bond acceptors (Lipinski definition) is 3. The molecule has 0 aliphatic carbocycles. The molecule has 2 aromatic heterocycles. The summed E-state index contributed by atoms with van der Waals surface area (Å²) in [7, 11) is 1.80. The Balaban J connectivity index is 1.75. The van der Waals surface area contributed by atoms with Crippen molar-refractivity contribution in [3.63, 3.8) is 0 Å². The van der Waals surface area contributed by atoms with Crippen LogP contribution in [0.5, 0.6) is 0 Å². The van der Waals surface area contributed by atoms with Crippen LogP contribution in [0, 0.1) is 6.92 Å². The Labute approximate surface area is 118 Å². The molecule has 106 valence electrons. The zero-order valence-corrected chi connectivity index (χ0v) is 11.9. The van der Waals surface area contributed by atoms with Gasteiger partial charge in [-0.25, -0.2) is 0 Å². The van der Waals surface area contributed by atoms with E-state index in [1.807, 2.05) is 28.9 Å². The molecule has 1 aliphatic rings. The number of likely N-dealkylation sites (tertiary alicyclic amines) is 1. The van der Waals surface area contributed by atoms with Crippen molar-refractivity contribution in [2.24, 2.45) is 7.05 Å². The lowest BCUT2D eigenvalue weighted by Crippen LogP contribution is -2.39. The fourth-order valence-corrected chi connectivity index (χ4v) is 2.81. The van der Waals surface area contributed by atoms with E-state index in [2.05, 4.69) is 10.2 Å². The summed E-state index contributed by atoms with van der Waals surface area (Å²) in [6.45, 7) is 3.60. The van der Waals surface area contributed by atoms with E-state index in [4.69, 9.17) is 0 Å². The molecule has 0 N–H and O–H groups in total.